The number of halogens is 4. The van der Waals surface area contributed by atoms with E-state index in [-0.39, 0.29) is 14.9 Å². The third-order valence-corrected chi connectivity index (χ3v) is 5.33. The number of anilines is 1. The Morgan fingerprint density at radius 3 is 2.10 bits per heavy atom. The van der Waals surface area contributed by atoms with Crippen molar-refractivity contribution in [1.29, 1.82) is 0 Å². The minimum Gasteiger partial charge on any atom is -0.280 e. The Hall–Kier alpha value is -0.460. The number of sulfonamides is 1. The largest absolute Gasteiger partial charge is 0.280 e. The molecule has 2 aromatic rings. The van der Waals surface area contributed by atoms with Crippen molar-refractivity contribution in [1.82, 2.24) is 0 Å². The van der Waals surface area contributed by atoms with Crippen LogP contribution in [0.1, 0.15) is 0 Å². The fourth-order valence-electron chi connectivity index (χ4n) is 1.46. The third-order valence-electron chi connectivity index (χ3n) is 2.32. The fraction of sp³-hybridized carbons (Fsp3) is 0. The fourth-order valence-corrected chi connectivity index (χ4v) is 3.73. The van der Waals surface area contributed by atoms with E-state index in [4.69, 9.17) is 34.8 Å². The highest BCUT2D eigenvalue weighted by atomic mass is 79.9. The molecule has 0 unspecified atom stereocenters. The van der Waals surface area contributed by atoms with Crippen LogP contribution in [0.15, 0.2) is 45.8 Å². The zero-order valence-corrected chi connectivity index (χ0v) is 14.4. The monoisotopic (exact) mass is 413 g/mol. The molecule has 1 N–H and O–H groups in total. The topological polar surface area (TPSA) is 46.2 Å². The number of benzene rings is 2. The van der Waals surface area contributed by atoms with Crippen LogP contribution in [0, 0.1) is 0 Å². The lowest BCUT2D eigenvalue weighted by Crippen LogP contribution is -2.13. The Morgan fingerprint density at radius 2 is 1.55 bits per heavy atom. The molecule has 20 heavy (non-hydrogen) atoms. The van der Waals surface area contributed by atoms with Gasteiger partial charge in [0, 0.05) is 14.5 Å². The zero-order chi connectivity index (χ0) is 14.9. The molecule has 106 valence electrons. The van der Waals surface area contributed by atoms with Crippen LogP contribution in [0.5, 0.6) is 0 Å². The molecule has 0 bridgehead atoms. The summed E-state index contributed by atoms with van der Waals surface area (Å²) in [6.07, 6.45) is 0. The van der Waals surface area contributed by atoms with E-state index in [0.717, 1.165) is 0 Å². The molecule has 0 atom stereocenters. The van der Waals surface area contributed by atoms with E-state index in [1.165, 1.54) is 18.2 Å². The maximum Gasteiger partial charge on any atom is 0.261 e. The minimum atomic E-state index is -3.77. The molecule has 0 saturated carbocycles. The molecule has 0 spiro atoms. The standard InChI is InChI=1S/C12H7BrCl3NO2S/c13-11-6-9(1-2-12(11)16)17-20(18,19)10-4-7(14)3-8(15)5-10/h1-6,17H. The second-order valence-electron chi connectivity index (χ2n) is 3.84. The Morgan fingerprint density at radius 1 is 0.950 bits per heavy atom. The molecule has 2 rings (SSSR count). The molecule has 3 nitrogen and oxygen atoms in total. The van der Waals surface area contributed by atoms with Gasteiger partial charge in [-0.3, -0.25) is 4.72 Å². The SMILES string of the molecule is O=S(=O)(Nc1ccc(Cl)c(Br)c1)c1cc(Cl)cc(Cl)c1. The average molecular weight is 416 g/mol. The molecule has 0 aliphatic rings. The summed E-state index contributed by atoms with van der Waals surface area (Å²) in [5, 5.41) is 0.976. The highest BCUT2D eigenvalue weighted by Gasteiger charge is 2.16. The van der Waals surface area contributed by atoms with Crippen molar-refractivity contribution in [3.8, 4) is 0 Å². The Balaban J connectivity index is 2.37. The lowest BCUT2D eigenvalue weighted by molar-refractivity contribution is 0.601. The second kappa shape index (κ2) is 6.12. The summed E-state index contributed by atoms with van der Waals surface area (Å²) in [6.45, 7) is 0. The van der Waals surface area contributed by atoms with E-state index >= 15 is 0 Å². The number of rotatable bonds is 3. The van der Waals surface area contributed by atoms with Gasteiger partial charge in [-0.05, 0) is 52.3 Å². The molecule has 0 amide bonds. The van der Waals surface area contributed by atoms with Crippen LogP contribution in [0.3, 0.4) is 0 Å². The number of hydrogen-bond acceptors (Lipinski definition) is 2. The van der Waals surface area contributed by atoms with Gasteiger partial charge in [0.2, 0.25) is 0 Å². The molecule has 0 saturated heterocycles. The predicted octanol–water partition coefficient (Wildman–Crippen LogP) is 5.21. The summed E-state index contributed by atoms with van der Waals surface area (Å²) in [7, 11) is -3.77. The molecule has 0 radical (unpaired) electrons. The smallest absolute Gasteiger partial charge is 0.261 e. The molecule has 2 aromatic carbocycles. The van der Waals surface area contributed by atoms with Crippen molar-refractivity contribution in [3.63, 3.8) is 0 Å². The highest BCUT2D eigenvalue weighted by Crippen LogP contribution is 2.28. The van der Waals surface area contributed by atoms with Crippen molar-refractivity contribution in [2.75, 3.05) is 4.72 Å². The lowest BCUT2D eigenvalue weighted by atomic mass is 10.3. The summed E-state index contributed by atoms with van der Waals surface area (Å²) in [5.74, 6) is 0. The summed E-state index contributed by atoms with van der Waals surface area (Å²) in [5.41, 5.74) is 0.373. The maximum absolute atomic E-state index is 12.2. The van der Waals surface area contributed by atoms with Crippen LogP contribution < -0.4 is 4.72 Å². The van der Waals surface area contributed by atoms with Crippen molar-refractivity contribution in [2.24, 2.45) is 0 Å². The van der Waals surface area contributed by atoms with E-state index in [0.29, 0.717) is 15.2 Å². The quantitative estimate of drug-likeness (QED) is 0.748. The Labute approximate surface area is 140 Å². The molecular weight excluding hydrogens is 408 g/mol. The molecule has 8 heteroatoms. The van der Waals surface area contributed by atoms with Crippen LogP contribution >= 0.6 is 50.7 Å². The van der Waals surface area contributed by atoms with E-state index < -0.39 is 10.0 Å². The molecule has 0 fully saturated rings. The molecule has 0 aliphatic carbocycles. The zero-order valence-electron chi connectivity index (χ0n) is 9.70. The normalized spacial score (nSPS) is 11.4. The number of hydrogen-bond donors (Lipinski definition) is 1. The van der Waals surface area contributed by atoms with Gasteiger partial charge in [0.05, 0.1) is 15.6 Å². The Bertz CT molecular complexity index is 745. The first-order valence-corrected chi connectivity index (χ1v) is 8.63. The van der Waals surface area contributed by atoms with Crippen LogP contribution in [0.25, 0.3) is 0 Å². The lowest BCUT2D eigenvalue weighted by Gasteiger charge is -2.09. The molecule has 0 aromatic heterocycles. The van der Waals surface area contributed by atoms with Crippen LogP contribution in [0.2, 0.25) is 15.1 Å². The van der Waals surface area contributed by atoms with Gasteiger partial charge >= 0.3 is 0 Å². The molecule has 0 heterocycles. The van der Waals surface area contributed by atoms with E-state index in [9.17, 15) is 8.42 Å². The maximum atomic E-state index is 12.2. The average Bonchev–Trinajstić information content (AvgIpc) is 2.32. The summed E-state index contributed by atoms with van der Waals surface area (Å²) in [6, 6.07) is 8.79. The first kappa shape index (κ1) is 15.9. The van der Waals surface area contributed by atoms with Crippen molar-refractivity contribution < 1.29 is 8.42 Å². The minimum absolute atomic E-state index is 0.0129. The first-order valence-electron chi connectivity index (χ1n) is 5.22. The molecular formula is C12H7BrCl3NO2S. The van der Waals surface area contributed by atoms with Gasteiger partial charge in [0.25, 0.3) is 10.0 Å². The third kappa shape index (κ3) is 3.80. The van der Waals surface area contributed by atoms with Gasteiger partial charge in [-0.1, -0.05) is 34.8 Å². The van der Waals surface area contributed by atoms with Gasteiger partial charge in [-0.2, -0.15) is 0 Å². The van der Waals surface area contributed by atoms with Crippen molar-refractivity contribution >= 4 is 66.4 Å². The summed E-state index contributed by atoms with van der Waals surface area (Å²) in [4.78, 5) is -0.0129. The van der Waals surface area contributed by atoms with Crippen LogP contribution in [-0.2, 0) is 10.0 Å². The predicted molar refractivity (Wildman–Crippen MR) is 86.4 cm³/mol. The van der Waals surface area contributed by atoms with Crippen molar-refractivity contribution in [3.05, 3.63) is 55.9 Å². The van der Waals surface area contributed by atoms with E-state index in [2.05, 4.69) is 20.7 Å². The van der Waals surface area contributed by atoms with Crippen LogP contribution in [-0.4, -0.2) is 8.42 Å². The van der Waals surface area contributed by atoms with E-state index in [1.807, 2.05) is 0 Å². The summed E-state index contributed by atoms with van der Waals surface area (Å²) >= 11 is 20.7. The second-order valence-corrected chi connectivity index (χ2v) is 7.66. The first-order chi connectivity index (χ1) is 9.28. The van der Waals surface area contributed by atoms with E-state index in [1.54, 1.807) is 18.2 Å². The van der Waals surface area contributed by atoms with Gasteiger partial charge in [-0.25, -0.2) is 8.42 Å². The van der Waals surface area contributed by atoms with Crippen molar-refractivity contribution in [2.45, 2.75) is 4.90 Å². The Kier molecular flexibility index (Phi) is 4.87. The van der Waals surface area contributed by atoms with Crippen LogP contribution in [0.4, 0.5) is 5.69 Å². The van der Waals surface area contributed by atoms with Gasteiger partial charge in [0.15, 0.2) is 0 Å². The highest BCUT2D eigenvalue weighted by molar-refractivity contribution is 9.10. The van der Waals surface area contributed by atoms with Gasteiger partial charge < -0.3 is 0 Å². The van der Waals surface area contributed by atoms with Gasteiger partial charge in [-0.15, -0.1) is 0 Å². The van der Waals surface area contributed by atoms with Gasteiger partial charge in [0.1, 0.15) is 0 Å². The summed E-state index contributed by atoms with van der Waals surface area (Å²) < 4.78 is 27.5. The molecule has 0 aliphatic heterocycles. The number of nitrogens with one attached hydrogen (secondary N) is 1.